The second-order valence-corrected chi connectivity index (χ2v) is 4.30. The average molecular weight is 268 g/mol. The fraction of sp³-hybridized carbons (Fsp3) is 0.500. The highest BCUT2D eigenvalue weighted by molar-refractivity contribution is 5.69. The second kappa shape index (κ2) is 4.38. The van der Waals surface area contributed by atoms with Crippen LogP contribution in [0.25, 0.3) is 11.2 Å². The highest BCUT2D eigenvalue weighted by Crippen LogP contribution is 2.29. The van der Waals surface area contributed by atoms with Crippen molar-refractivity contribution in [3.63, 3.8) is 0 Å². The largest absolute Gasteiger partial charge is 0.394 e. The molecule has 4 atom stereocenters. The molecule has 1 aliphatic heterocycles. The number of aromatic nitrogens is 4. The van der Waals surface area contributed by atoms with E-state index in [0.717, 1.165) is 4.57 Å². The average Bonchev–Trinajstić information content (AvgIpc) is 2.97. The lowest BCUT2D eigenvalue weighted by Crippen LogP contribution is -2.35. The molecule has 3 heterocycles. The van der Waals surface area contributed by atoms with Crippen LogP contribution in [0.1, 0.15) is 6.23 Å². The minimum atomic E-state index is -1.34. The summed E-state index contributed by atoms with van der Waals surface area (Å²) >= 11 is 0. The van der Waals surface area contributed by atoms with Gasteiger partial charge in [-0.15, -0.1) is 5.10 Å². The van der Waals surface area contributed by atoms with Gasteiger partial charge in [-0.2, -0.15) is 10.3 Å². The summed E-state index contributed by atoms with van der Waals surface area (Å²) in [6.07, 6.45) is -4.68. The molecule has 0 radical (unpaired) electrons. The minimum Gasteiger partial charge on any atom is -0.394 e. The van der Waals surface area contributed by atoms with Gasteiger partial charge in [0.1, 0.15) is 23.8 Å². The van der Waals surface area contributed by atoms with Gasteiger partial charge in [-0.3, -0.25) is 9.36 Å². The number of hydrogen-bond donors (Lipinski definition) is 4. The molecular weight excluding hydrogens is 256 g/mol. The van der Waals surface area contributed by atoms with Crippen molar-refractivity contribution >= 4 is 11.2 Å². The van der Waals surface area contributed by atoms with Crippen molar-refractivity contribution in [1.82, 2.24) is 20.0 Å². The number of ether oxygens (including phenoxy) is 1. The van der Waals surface area contributed by atoms with Crippen LogP contribution in [0.4, 0.5) is 0 Å². The molecule has 0 unspecified atom stereocenters. The van der Waals surface area contributed by atoms with Gasteiger partial charge in [0.15, 0.2) is 11.9 Å². The van der Waals surface area contributed by atoms with Gasteiger partial charge in [0.05, 0.1) is 6.61 Å². The number of aliphatic hydroxyl groups excluding tert-OH is 3. The Morgan fingerprint density at radius 2 is 2.11 bits per heavy atom. The number of aromatic amines is 1. The molecule has 102 valence electrons. The summed E-state index contributed by atoms with van der Waals surface area (Å²) in [4.78, 5) is 11.9. The van der Waals surface area contributed by atoms with E-state index in [1.165, 1.54) is 12.1 Å². The Labute approximate surface area is 106 Å². The number of H-pyrrole nitrogens is 1. The summed E-state index contributed by atoms with van der Waals surface area (Å²) in [6.45, 7) is -0.460. The first-order chi connectivity index (χ1) is 9.13. The Morgan fingerprint density at radius 1 is 1.32 bits per heavy atom. The number of aliphatic hydroxyl groups is 3. The lowest BCUT2D eigenvalue weighted by atomic mass is 10.1. The summed E-state index contributed by atoms with van der Waals surface area (Å²) in [5.74, 6) is 0. The van der Waals surface area contributed by atoms with Crippen LogP contribution >= 0.6 is 0 Å². The van der Waals surface area contributed by atoms with E-state index >= 15 is 0 Å². The first kappa shape index (κ1) is 12.2. The van der Waals surface area contributed by atoms with Crippen LogP contribution in [0.3, 0.4) is 0 Å². The molecule has 3 rings (SSSR count). The van der Waals surface area contributed by atoms with Crippen LogP contribution in [0, 0.1) is 0 Å². The zero-order valence-corrected chi connectivity index (χ0v) is 9.67. The third kappa shape index (κ3) is 1.75. The molecule has 0 aromatic carbocycles. The van der Waals surface area contributed by atoms with Gasteiger partial charge in [-0.25, -0.2) is 0 Å². The van der Waals surface area contributed by atoms with E-state index < -0.39 is 36.7 Å². The molecule has 1 saturated heterocycles. The molecule has 4 N–H and O–H groups in total. The Hall–Kier alpha value is -1.81. The molecule has 2 aromatic heterocycles. The smallest absolute Gasteiger partial charge is 0.254 e. The third-order valence-corrected chi connectivity index (χ3v) is 3.18. The lowest BCUT2D eigenvalue weighted by Gasteiger charge is -2.17. The quantitative estimate of drug-likeness (QED) is 0.482. The normalized spacial score (nSPS) is 31.1. The Bertz CT molecular complexity index is 653. The summed E-state index contributed by atoms with van der Waals surface area (Å²) in [5, 5.41) is 38.7. The van der Waals surface area contributed by atoms with Gasteiger partial charge < -0.3 is 20.1 Å². The van der Waals surface area contributed by atoms with Crippen molar-refractivity contribution in [3.05, 3.63) is 22.5 Å². The van der Waals surface area contributed by atoms with Crippen LogP contribution in [0.15, 0.2) is 16.9 Å². The molecule has 9 heteroatoms. The topological polar surface area (TPSA) is 133 Å². The second-order valence-electron chi connectivity index (χ2n) is 4.30. The molecule has 1 fully saturated rings. The lowest BCUT2D eigenvalue weighted by molar-refractivity contribution is -0.0524. The van der Waals surface area contributed by atoms with E-state index in [4.69, 9.17) is 9.84 Å². The number of rotatable bonds is 2. The van der Waals surface area contributed by atoms with Crippen LogP contribution in [-0.2, 0) is 4.74 Å². The number of nitrogens with zero attached hydrogens (tertiary/aromatic N) is 3. The highest BCUT2D eigenvalue weighted by Gasteiger charge is 2.44. The molecule has 19 heavy (non-hydrogen) atoms. The number of hydrogen-bond acceptors (Lipinski definition) is 7. The molecule has 0 saturated carbocycles. The molecule has 2 aromatic rings. The number of nitrogens with one attached hydrogen (secondary N) is 1. The van der Waals surface area contributed by atoms with Crippen molar-refractivity contribution < 1.29 is 20.1 Å². The van der Waals surface area contributed by atoms with Crippen LogP contribution < -0.4 is 5.56 Å². The fourth-order valence-corrected chi connectivity index (χ4v) is 2.20. The first-order valence-corrected chi connectivity index (χ1v) is 5.68. The molecule has 0 bridgehead atoms. The van der Waals surface area contributed by atoms with E-state index in [1.807, 2.05) is 0 Å². The summed E-state index contributed by atoms with van der Waals surface area (Å²) in [7, 11) is 0. The van der Waals surface area contributed by atoms with Gasteiger partial charge in [0, 0.05) is 6.07 Å². The fourth-order valence-electron chi connectivity index (χ4n) is 2.20. The van der Waals surface area contributed by atoms with E-state index in [1.54, 1.807) is 0 Å². The number of pyridine rings is 1. The van der Waals surface area contributed by atoms with Crippen molar-refractivity contribution in [2.24, 2.45) is 0 Å². The van der Waals surface area contributed by atoms with Crippen LogP contribution in [0.2, 0.25) is 0 Å². The van der Waals surface area contributed by atoms with Gasteiger partial charge in [-0.1, -0.05) is 0 Å². The zero-order valence-electron chi connectivity index (χ0n) is 9.67. The van der Waals surface area contributed by atoms with Gasteiger partial charge in [0.2, 0.25) is 0 Å². The molecule has 9 nitrogen and oxygen atoms in total. The van der Waals surface area contributed by atoms with E-state index in [0.29, 0.717) is 5.52 Å². The predicted octanol–water partition coefficient (Wildman–Crippen LogP) is -2.27. The molecule has 0 amide bonds. The van der Waals surface area contributed by atoms with E-state index in [-0.39, 0.29) is 5.65 Å². The maximum Gasteiger partial charge on any atom is 0.254 e. The molecular formula is C10H12N4O5. The summed E-state index contributed by atoms with van der Waals surface area (Å²) in [6, 6.07) is 2.75. The first-order valence-electron chi connectivity index (χ1n) is 5.68. The van der Waals surface area contributed by atoms with Gasteiger partial charge in [-0.05, 0) is 6.07 Å². The molecule has 1 aliphatic rings. The van der Waals surface area contributed by atoms with Crippen molar-refractivity contribution in [2.75, 3.05) is 6.61 Å². The zero-order chi connectivity index (χ0) is 13.6. The van der Waals surface area contributed by atoms with Crippen LogP contribution in [-0.4, -0.2) is 60.2 Å². The highest BCUT2D eigenvalue weighted by atomic mass is 16.6. The summed E-state index contributed by atoms with van der Waals surface area (Å²) in [5.41, 5.74) is 0.191. The van der Waals surface area contributed by atoms with Gasteiger partial charge >= 0.3 is 0 Å². The molecule has 0 aliphatic carbocycles. The minimum absolute atomic E-state index is 0.210. The predicted molar refractivity (Wildman–Crippen MR) is 61.2 cm³/mol. The Morgan fingerprint density at radius 3 is 2.79 bits per heavy atom. The molecule has 0 spiro atoms. The van der Waals surface area contributed by atoms with Crippen molar-refractivity contribution in [3.8, 4) is 0 Å². The van der Waals surface area contributed by atoms with Crippen molar-refractivity contribution in [1.29, 1.82) is 0 Å². The monoisotopic (exact) mass is 268 g/mol. The Balaban J connectivity index is 2.12. The van der Waals surface area contributed by atoms with Crippen molar-refractivity contribution in [2.45, 2.75) is 24.5 Å². The maximum absolute atomic E-state index is 11.9. The standard InChI is InChI=1S/C10H12N4O5/c15-3-5-7(17)8(18)10(19-5)14-6(16)2-1-4-9(14)12-13-11-4/h1-2,5,7-8,10,15,17-18H,3H2,(H,11,12,13)/t5-,7-,8-,10-/m1/s1. The summed E-state index contributed by atoms with van der Waals surface area (Å²) < 4.78 is 6.41. The third-order valence-electron chi connectivity index (χ3n) is 3.18. The SMILES string of the molecule is O=c1ccc2n[nH]nc2n1[C@@H]1O[C@H](CO)[C@@H](O)[C@H]1O. The number of fused-ring (bicyclic) bond motifs is 1. The van der Waals surface area contributed by atoms with Crippen LogP contribution in [0.5, 0.6) is 0 Å². The van der Waals surface area contributed by atoms with Gasteiger partial charge in [0.25, 0.3) is 5.56 Å². The van der Waals surface area contributed by atoms with E-state index in [9.17, 15) is 15.0 Å². The van der Waals surface area contributed by atoms with E-state index in [2.05, 4.69) is 15.4 Å². The maximum atomic E-state index is 11.9. The Kier molecular flexibility index (Phi) is 2.82.